The summed E-state index contributed by atoms with van der Waals surface area (Å²) in [5, 5.41) is 14.6. The normalized spacial score (nSPS) is 19.5. The molecule has 1 amide bonds. The van der Waals surface area contributed by atoms with E-state index in [0.29, 0.717) is 5.56 Å². The molecule has 0 aliphatic carbocycles. The van der Waals surface area contributed by atoms with Crippen molar-refractivity contribution in [2.45, 2.75) is 19.4 Å². The van der Waals surface area contributed by atoms with Gasteiger partial charge in [0.1, 0.15) is 0 Å². The molecule has 118 valence electrons. The fourth-order valence-corrected chi connectivity index (χ4v) is 2.85. The first-order valence-electron chi connectivity index (χ1n) is 7.50. The molecule has 1 atom stereocenters. The van der Waals surface area contributed by atoms with Crippen LogP contribution >= 0.6 is 0 Å². The number of H-pyrrole nitrogens is 1. The van der Waals surface area contributed by atoms with E-state index in [-0.39, 0.29) is 11.9 Å². The van der Waals surface area contributed by atoms with Crippen LogP contribution < -0.4 is 0 Å². The molecule has 1 saturated heterocycles. The van der Waals surface area contributed by atoms with Crippen LogP contribution in [0.25, 0.3) is 0 Å². The number of nitrogens with one attached hydrogen (secondary N) is 1. The third-order valence-corrected chi connectivity index (χ3v) is 4.07. The Hall–Kier alpha value is -2.22. The maximum absolute atomic E-state index is 12.5. The number of amides is 1. The molecule has 0 unspecified atom stereocenters. The summed E-state index contributed by atoms with van der Waals surface area (Å²) in [6, 6.07) is 0.193. The summed E-state index contributed by atoms with van der Waals surface area (Å²) in [6.07, 6.45) is 6.03. The molecule has 2 aromatic rings. The zero-order chi connectivity index (χ0) is 15.5. The molecule has 0 bridgehead atoms. The number of rotatable bonds is 4. The van der Waals surface area contributed by atoms with Crippen molar-refractivity contribution in [1.29, 1.82) is 0 Å². The van der Waals surface area contributed by atoms with Gasteiger partial charge in [-0.25, -0.2) is 0 Å². The van der Waals surface area contributed by atoms with Crippen LogP contribution in [0.1, 0.15) is 23.0 Å². The van der Waals surface area contributed by atoms with Crippen LogP contribution in [-0.2, 0) is 13.5 Å². The highest BCUT2D eigenvalue weighted by molar-refractivity contribution is 5.94. The largest absolute Gasteiger partial charge is 0.333 e. The van der Waals surface area contributed by atoms with Gasteiger partial charge in [-0.05, 0) is 6.92 Å². The number of nitrogens with zero attached hydrogens (tertiary/aromatic N) is 6. The fourth-order valence-electron chi connectivity index (χ4n) is 2.85. The first-order valence-corrected chi connectivity index (χ1v) is 7.50. The minimum atomic E-state index is 0.0664. The summed E-state index contributed by atoms with van der Waals surface area (Å²) in [5.41, 5.74) is 1.63. The lowest BCUT2D eigenvalue weighted by Gasteiger charge is -2.39. The maximum atomic E-state index is 12.5. The summed E-state index contributed by atoms with van der Waals surface area (Å²) in [7, 11) is 1.82. The average Bonchev–Trinajstić information content (AvgIpc) is 3.16. The van der Waals surface area contributed by atoms with E-state index in [9.17, 15) is 4.79 Å². The number of aryl methyl sites for hydroxylation is 1. The van der Waals surface area contributed by atoms with E-state index >= 15 is 0 Å². The van der Waals surface area contributed by atoms with Gasteiger partial charge in [0, 0.05) is 51.9 Å². The number of carbonyl (C=O) groups excluding carboxylic acids is 1. The maximum Gasteiger partial charge on any atom is 0.257 e. The fraction of sp³-hybridized carbons (Fsp3) is 0.571. The molecule has 8 nitrogen and oxygen atoms in total. The predicted octanol–water partition coefficient (Wildman–Crippen LogP) is -0.0728. The first-order chi connectivity index (χ1) is 10.6. The molecule has 0 saturated carbocycles. The molecular weight excluding hydrogens is 282 g/mol. The van der Waals surface area contributed by atoms with Crippen LogP contribution in [0.15, 0.2) is 18.6 Å². The van der Waals surface area contributed by atoms with Crippen molar-refractivity contribution in [3.63, 3.8) is 0 Å². The van der Waals surface area contributed by atoms with Crippen LogP contribution in [0.3, 0.4) is 0 Å². The van der Waals surface area contributed by atoms with E-state index in [4.69, 9.17) is 0 Å². The van der Waals surface area contributed by atoms with Crippen molar-refractivity contribution in [2.75, 3.05) is 26.2 Å². The van der Waals surface area contributed by atoms with Crippen molar-refractivity contribution < 1.29 is 4.79 Å². The number of piperazine rings is 1. The van der Waals surface area contributed by atoms with E-state index in [0.717, 1.165) is 38.3 Å². The highest BCUT2D eigenvalue weighted by atomic mass is 16.2. The van der Waals surface area contributed by atoms with E-state index in [1.807, 2.05) is 11.9 Å². The molecule has 8 heteroatoms. The summed E-state index contributed by atoms with van der Waals surface area (Å²) >= 11 is 0. The highest BCUT2D eigenvalue weighted by Gasteiger charge is 2.28. The SMILES string of the molecule is C[C@H]1CN(CCc2cn[nH]n2)CCN1C(=O)c1cnn(C)c1. The number of hydrogen-bond acceptors (Lipinski definition) is 5. The van der Waals surface area contributed by atoms with Gasteiger partial charge in [-0.15, -0.1) is 0 Å². The summed E-state index contributed by atoms with van der Waals surface area (Å²) in [5.74, 6) is 0.0664. The molecule has 1 aliphatic heterocycles. The van der Waals surface area contributed by atoms with Gasteiger partial charge in [0.05, 0.1) is 23.7 Å². The van der Waals surface area contributed by atoms with Crippen LogP contribution in [-0.4, -0.2) is 73.1 Å². The van der Waals surface area contributed by atoms with E-state index in [1.54, 1.807) is 23.3 Å². The lowest BCUT2D eigenvalue weighted by molar-refractivity contribution is 0.0491. The average molecular weight is 303 g/mol. The minimum absolute atomic E-state index is 0.0664. The second kappa shape index (κ2) is 6.27. The smallest absolute Gasteiger partial charge is 0.257 e. The van der Waals surface area contributed by atoms with Crippen molar-refractivity contribution in [3.05, 3.63) is 29.8 Å². The number of aromatic amines is 1. The van der Waals surface area contributed by atoms with Gasteiger partial charge in [-0.2, -0.15) is 20.5 Å². The molecule has 0 radical (unpaired) electrons. The number of aromatic nitrogens is 5. The second-order valence-corrected chi connectivity index (χ2v) is 5.76. The van der Waals surface area contributed by atoms with E-state index in [1.165, 1.54) is 0 Å². The van der Waals surface area contributed by atoms with Gasteiger partial charge in [0.25, 0.3) is 5.91 Å². The monoisotopic (exact) mass is 303 g/mol. The molecule has 3 rings (SSSR count). The standard InChI is InChI=1S/C14H21N7O/c1-11-9-20(4-3-13-8-15-18-17-13)5-6-21(11)14(22)12-7-16-19(2)10-12/h7-8,10-11H,3-6,9H2,1-2H3,(H,15,17,18)/t11-/m0/s1. The van der Waals surface area contributed by atoms with Gasteiger partial charge >= 0.3 is 0 Å². The van der Waals surface area contributed by atoms with Crippen LogP contribution in [0.4, 0.5) is 0 Å². The third kappa shape index (κ3) is 3.16. The molecule has 22 heavy (non-hydrogen) atoms. The Balaban J connectivity index is 1.54. The molecule has 3 heterocycles. The number of hydrogen-bond donors (Lipinski definition) is 1. The predicted molar refractivity (Wildman–Crippen MR) is 80.2 cm³/mol. The van der Waals surface area contributed by atoms with Crippen LogP contribution in [0.5, 0.6) is 0 Å². The van der Waals surface area contributed by atoms with E-state index < -0.39 is 0 Å². The Bertz CT molecular complexity index is 621. The minimum Gasteiger partial charge on any atom is -0.333 e. The summed E-state index contributed by atoms with van der Waals surface area (Å²) in [4.78, 5) is 16.8. The molecule has 0 aromatic carbocycles. The third-order valence-electron chi connectivity index (χ3n) is 4.07. The van der Waals surface area contributed by atoms with Crippen molar-refractivity contribution in [2.24, 2.45) is 7.05 Å². The number of carbonyl (C=O) groups is 1. The Morgan fingerprint density at radius 2 is 2.27 bits per heavy atom. The molecule has 1 aliphatic rings. The van der Waals surface area contributed by atoms with Gasteiger partial charge in [-0.3, -0.25) is 14.4 Å². The molecule has 1 N–H and O–H groups in total. The lowest BCUT2D eigenvalue weighted by atomic mass is 10.1. The zero-order valence-electron chi connectivity index (χ0n) is 12.9. The first kappa shape index (κ1) is 14.7. The van der Waals surface area contributed by atoms with Crippen LogP contribution in [0.2, 0.25) is 0 Å². The van der Waals surface area contributed by atoms with Crippen molar-refractivity contribution >= 4 is 5.91 Å². The second-order valence-electron chi connectivity index (χ2n) is 5.76. The Kier molecular flexibility index (Phi) is 4.19. The Morgan fingerprint density at radius 1 is 1.41 bits per heavy atom. The van der Waals surface area contributed by atoms with Crippen molar-refractivity contribution in [3.8, 4) is 0 Å². The van der Waals surface area contributed by atoms with Gasteiger partial charge in [0.15, 0.2) is 0 Å². The Morgan fingerprint density at radius 3 is 2.91 bits per heavy atom. The van der Waals surface area contributed by atoms with Gasteiger partial charge in [-0.1, -0.05) is 0 Å². The molecule has 2 aromatic heterocycles. The molecular formula is C14H21N7O. The molecule has 0 spiro atoms. The topological polar surface area (TPSA) is 82.9 Å². The summed E-state index contributed by atoms with van der Waals surface area (Å²) < 4.78 is 1.66. The van der Waals surface area contributed by atoms with Gasteiger partial charge in [0.2, 0.25) is 0 Å². The lowest BCUT2D eigenvalue weighted by Crippen LogP contribution is -2.54. The van der Waals surface area contributed by atoms with Crippen LogP contribution in [0, 0.1) is 0 Å². The molecule has 1 fully saturated rings. The highest BCUT2D eigenvalue weighted by Crippen LogP contribution is 2.14. The zero-order valence-corrected chi connectivity index (χ0v) is 12.9. The van der Waals surface area contributed by atoms with E-state index in [2.05, 4.69) is 32.3 Å². The summed E-state index contributed by atoms with van der Waals surface area (Å²) in [6.45, 7) is 5.54. The quantitative estimate of drug-likeness (QED) is 0.855. The van der Waals surface area contributed by atoms with Crippen molar-refractivity contribution in [1.82, 2.24) is 35.0 Å². The van der Waals surface area contributed by atoms with Gasteiger partial charge < -0.3 is 4.90 Å². The Labute approximate surface area is 129 Å².